The first-order valence-corrected chi connectivity index (χ1v) is 6.83. The average Bonchev–Trinajstić information content (AvgIpc) is 2.41. The van der Waals surface area contributed by atoms with Crippen LogP contribution < -0.4 is 4.74 Å². The molecular weight excluding hydrogens is 261 g/mol. The van der Waals surface area contributed by atoms with E-state index in [1.54, 1.807) is 11.8 Å². The van der Waals surface area contributed by atoms with Gasteiger partial charge in [-0.1, -0.05) is 0 Å². The maximum atomic E-state index is 13.2. The molecule has 0 spiro atoms. The molecule has 0 aromatic heterocycles. The number of hydrogen-bond acceptors (Lipinski definition) is 3. The molecule has 112 valence electrons. The van der Waals surface area contributed by atoms with Crippen LogP contribution in [-0.2, 0) is 4.79 Å². The fourth-order valence-corrected chi connectivity index (χ4v) is 1.99. The first kappa shape index (κ1) is 16.4. The van der Waals surface area contributed by atoms with Crippen LogP contribution >= 0.6 is 0 Å². The third kappa shape index (κ3) is 3.93. The summed E-state index contributed by atoms with van der Waals surface area (Å²) < 4.78 is 18.8. The van der Waals surface area contributed by atoms with Crippen molar-refractivity contribution in [3.05, 3.63) is 29.6 Å². The van der Waals surface area contributed by atoms with Crippen LogP contribution in [0.4, 0.5) is 4.39 Å². The number of aliphatic hydroxyl groups excluding tert-OH is 1. The molecule has 20 heavy (non-hydrogen) atoms. The first-order chi connectivity index (χ1) is 9.40. The Balaban J connectivity index is 2.90. The zero-order chi connectivity index (χ0) is 15.3. The van der Waals surface area contributed by atoms with Gasteiger partial charge in [0, 0.05) is 18.7 Å². The monoisotopic (exact) mass is 283 g/mol. The summed E-state index contributed by atoms with van der Waals surface area (Å²) >= 11 is 0. The lowest BCUT2D eigenvalue weighted by molar-refractivity contribution is -0.137. The Morgan fingerprint density at radius 1 is 1.35 bits per heavy atom. The predicted molar refractivity (Wildman–Crippen MR) is 75.1 cm³/mol. The largest absolute Gasteiger partial charge is 0.481 e. The zero-order valence-corrected chi connectivity index (χ0v) is 12.4. The third-order valence-electron chi connectivity index (χ3n) is 3.15. The van der Waals surface area contributed by atoms with Crippen molar-refractivity contribution >= 4 is 5.91 Å². The second-order valence-electron chi connectivity index (χ2n) is 4.63. The highest BCUT2D eigenvalue weighted by Crippen LogP contribution is 2.27. The van der Waals surface area contributed by atoms with Crippen LogP contribution in [0.2, 0.25) is 0 Å². The molecule has 0 aliphatic rings. The molecule has 1 N–H and O–H groups in total. The van der Waals surface area contributed by atoms with Crippen LogP contribution in [-0.4, -0.2) is 35.1 Å². The van der Waals surface area contributed by atoms with Gasteiger partial charge in [-0.2, -0.15) is 0 Å². The summed E-state index contributed by atoms with van der Waals surface area (Å²) in [5, 5.41) is 9.64. The predicted octanol–water partition coefficient (Wildman–Crippen LogP) is 2.51. The molecule has 4 nitrogen and oxygen atoms in total. The second kappa shape index (κ2) is 7.24. The Morgan fingerprint density at radius 2 is 1.95 bits per heavy atom. The minimum atomic E-state index is -0.864. The van der Waals surface area contributed by atoms with E-state index >= 15 is 0 Å². The molecule has 1 aromatic rings. The molecule has 1 rings (SSSR count). The van der Waals surface area contributed by atoms with E-state index in [2.05, 4.69) is 0 Å². The number of likely N-dealkylation sites (N-methyl/N-ethyl adjacent to an activating group) is 1. The van der Waals surface area contributed by atoms with Crippen molar-refractivity contribution in [3.63, 3.8) is 0 Å². The number of hydrogen-bond donors (Lipinski definition) is 1. The van der Waals surface area contributed by atoms with Gasteiger partial charge in [0.15, 0.2) is 6.10 Å². The summed E-state index contributed by atoms with van der Waals surface area (Å²) in [6.45, 7) is 8.18. The van der Waals surface area contributed by atoms with E-state index in [0.29, 0.717) is 24.4 Å². The smallest absolute Gasteiger partial charge is 0.263 e. The number of carbonyl (C=O) groups excluding carboxylic acids is 1. The molecule has 1 unspecified atom stereocenters. The minimum Gasteiger partial charge on any atom is -0.481 e. The van der Waals surface area contributed by atoms with Gasteiger partial charge in [0.25, 0.3) is 5.91 Å². The molecule has 2 atom stereocenters. The average molecular weight is 283 g/mol. The number of amides is 1. The molecule has 0 fully saturated rings. The van der Waals surface area contributed by atoms with Gasteiger partial charge in [-0.05, 0) is 45.9 Å². The van der Waals surface area contributed by atoms with E-state index < -0.39 is 18.0 Å². The van der Waals surface area contributed by atoms with Gasteiger partial charge in [0.1, 0.15) is 11.6 Å². The van der Waals surface area contributed by atoms with Crippen LogP contribution in [0.5, 0.6) is 5.75 Å². The quantitative estimate of drug-likeness (QED) is 0.872. The Kier molecular flexibility index (Phi) is 5.95. The van der Waals surface area contributed by atoms with E-state index in [1.807, 2.05) is 13.8 Å². The van der Waals surface area contributed by atoms with Crippen molar-refractivity contribution in [3.8, 4) is 5.75 Å². The lowest BCUT2D eigenvalue weighted by atomic mass is 10.1. The molecule has 0 aliphatic carbocycles. The van der Waals surface area contributed by atoms with Gasteiger partial charge in [-0.15, -0.1) is 0 Å². The Labute approximate surface area is 119 Å². The maximum absolute atomic E-state index is 13.2. The van der Waals surface area contributed by atoms with Crippen molar-refractivity contribution in [2.24, 2.45) is 0 Å². The Bertz CT molecular complexity index is 458. The van der Waals surface area contributed by atoms with E-state index in [1.165, 1.54) is 25.1 Å². The van der Waals surface area contributed by atoms with Crippen LogP contribution in [0, 0.1) is 5.82 Å². The number of benzene rings is 1. The molecular formula is C15H22FNO3. The highest BCUT2D eigenvalue weighted by Gasteiger charge is 2.21. The van der Waals surface area contributed by atoms with Gasteiger partial charge in [0.05, 0.1) is 6.10 Å². The molecule has 5 heteroatoms. The summed E-state index contributed by atoms with van der Waals surface area (Å²) in [4.78, 5) is 13.8. The lowest BCUT2D eigenvalue weighted by Gasteiger charge is -2.24. The number of halogens is 1. The zero-order valence-electron chi connectivity index (χ0n) is 12.4. The SMILES string of the molecule is CCN(CC)C(=O)C(C)Oc1ccc(F)cc1[C@@H](C)O. The van der Waals surface area contributed by atoms with Crippen molar-refractivity contribution in [1.82, 2.24) is 4.90 Å². The Hall–Kier alpha value is -1.62. The maximum Gasteiger partial charge on any atom is 0.263 e. The number of nitrogens with zero attached hydrogens (tertiary/aromatic N) is 1. The van der Waals surface area contributed by atoms with Crippen molar-refractivity contribution in [2.45, 2.75) is 39.9 Å². The normalized spacial score (nSPS) is 13.7. The number of ether oxygens (including phenoxy) is 1. The van der Waals surface area contributed by atoms with Crippen LogP contribution in [0.3, 0.4) is 0 Å². The molecule has 0 saturated carbocycles. The number of carbonyl (C=O) groups is 1. The highest BCUT2D eigenvalue weighted by molar-refractivity contribution is 5.80. The van der Waals surface area contributed by atoms with Gasteiger partial charge < -0.3 is 14.7 Å². The highest BCUT2D eigenvalue weighted by atomic mass is 19.1. The van der Waals surface area contributed by atoms with Crippen molar-refractivity contribution < 1.29 is 19.0 Å². The van der Waals surface area contributed by atoms with Crippen LogP contribution in [0.1, 0.15) is 39.4 Å². The van der Waals surface area contributed by atoms with E-state index in [0.717, 1.165) is 0 Å². The molecule has 0 bridgehead atoms. The standard InChI is InChI=1S/C15H22FNO3/c1-5-17(6-2)15(19)11(4)20-14-8-7-12(16)9-13(14)10(3)18/h7-11,18H,5-6H2,1-4H3/t10-,11?/m1/s1. The van der Waals surface area contributed by atoms with Gasteiger partial charge in [0.2, 0.25) is 0 Å². The van der Waals surface area contributed by atoms with Crippen molar-refractivity contribution in [2.75, 3.05) is 13.1 Å². The summed E-state index contributed by atoms with van der Waals surface area (Å²) in [6, 6.07) is 3.90. The molecule has 0 saturated heterocycles. The summed E-state index contributed by atoms with van der Waals surface area (Å²) in [6.07, 6.45) is -1.55. The molecule has 0 aliphatic heterocycles. The number of rotatable bonds is 6. The van der Waals surface area contributed by atoms with Crippen LogP contribution in [0.25, 0.3) is 0 Å². The van der Waals surface area contributed by atoms with Gasteiger partial charge >= 0.3 is 0 Å². The Morgan fingerprint density at radius 3 is 2.45 bits per heavy atom. The molecule has 1 amide bonds. The minimum absolute atomic E-state index is 0.129. The molecule has 0 heterocycles. The third-order valence-corrected chi connectivity index (χ3v) is 3.15. The van der Waals surface area contributed by atoms with E-state index in [-0.39, 0.29) is 5.91 Å². The fraction of sp³-hybridized carbons (Fsp3) is 0.533. The first-order valence-electron chi connectivity index (χ1n) is 6.83. The van der Waals surface area contributed by atoms with E-state index in [4.69, 9.17) is 4.74 Å². The summed E-state index contributed by atoms with van der Waals surface area (Å²) in [5.41, 5.74) is 0.337. The molecule has 0 radical (unpaired) electrons. The summed E-state index contributed by atoms with van der Waals surface area (Å²) in [7, 11) is 0. The second-order valence-corrected chi connectivity index (χ2v) is 4.63. The molecule has 1 aromatic carbocycles. The number of aliphatic hydroxyl groups is 1. The van der Waals surface area contributed by atoms with E-state index in [9.17, 15) is 14.3 Å². The lowest BCUT2D eigenvalue weighted by Crippen LogP contribution is -2.40. The van der Waals surface area contributed by atoms with Gasteiger partial charge in [-0.3, -0.25) is 4.79 Å². The fourth-order valence-electron chi connectivity index (χ4n) is 1.99. The van der Waals surface area contributed by atoms with Crippen LogP contribution in [0.15, 0.2) is 18.2 Å². The summed E-state index contributed by atoms with van der Waals surface area (Å²) in [5.74, 6) is -0.249. The topological polar surface area (TPSA) is 49.8 Å². The van der Waals surface area contributed by atoms with Gasteiger partial charge in [-0.25, -0.2) is 4.39 Å². The van der Waals surface area contributed by atoms with Crippen molar-refractivity contribution in [1.29, 1.82) is 0 Å².